The first kappa shape index (κ1) is 18.5. The third kappa shape index (κ3) is 3.89. The number of benzene rings is 3. The Morgan fingerprint density at radius 2 is 1.21 bits per heavy atom. The fourth-order valence-corrected chi connectivity index (χ4v) is 3.48. The average Bonchev–Trinajstić information content (AvgIpc) is 3.33. The monoisotopic (exact) mass is 381 g/mol. The molecule has 0 aliphatic carbocycles. The summed E-state index contributed by atoms with van der Waals surface area (Å²) in [7, 11) is 0. The van der Waals surface area contributed by atoms with Gasteiger partial charge in [-0.05, 0) is 5.56 Å². The van der Waals surface area contributed by atoms with Crippen LogP contribution in [0.15, 0.2) is 103 Å². The molecule has 0 N–H and O–H groups in total. The lowest BCUT2D eigenvalue weighted by atomic mass is 9.81. The van der Waals surface area contributed by atoms with Crippen molar-refractivity contribution >= 4 is 11.6 Å². The summed E-state index contributed by atoms with van der Waals surface area (Å²) in [5.41, 5.74) is 1.83. The summed E-state index contributed by atoms with van der Waals surface area (Å²) >= 11 is 0. The topological polar surface area (TPSA) is 64.8 Å². The van der Waals surface area contributed by atoms with Crippen LogP contribution >= 0.6 is 0 Å². The molecule has 0 aliphatic heterocycles. The summed E-state index contributed by atoms with van der Waals surface area (Å²) in [6.07, 6.45) is 3.14. The molecule has 0 saturated heterocycles. The Morgan fingerprint density at radius 3 is 1.72 bits per heavy atom. The molecule has 2 unspecified atom stereocenters. The van der Waals surface area contributed by atoms with E-state index in [2.05, 4.69) is 10.3 Å². The van der Waals surface area contributed by atoms with Crippen LogP contribution in [0, 0.1) is 0 Å². The third-order valence-electron chi connectivity index (χ3n) is 4.87. The molecule has 1 aromatic heterocycles. The van der Waals surface area contributed by atoms with Crippen LogP contribution in [0.1, 0.15) is 38.2 Å². The van der Waals surface area contributed by atoms with E-state index in [4.69, 9.17) is 0 Å². The number of carbonyl (C=O) groups excluding carboxylic acids is 2. The number of hydrogen-bond acceptors (Lipinski definition) is 4. The van der Waals surface area contributed by atoms with E-state index in [1.807, 2.05) is 66.7 Å². The van der Waals surface area contributed by atoms with Gasteiger partial charge in [0.1, 0.15) is 6.04 Å². The first-order valence-electron chi connectivity index (χ1n) is 9.35. The standard InChI is InChI=1S/C24H19N3O2/c28-23(19-12-6-2-7-13-19)21(18-10-4-1-5-11-18)22(27-17-16-25-26-27)24(29)20-14-8-3-9-15-20/h1-17,21-22H. The van der Waals surface area contributed by atoms with Crippen molar-refractivity contribution in [2.75, 3.05) is 0 Å². The zero-order chi connectivity index (χ0) is 20.1. The summed E-state index contributed by atoms with van der Waals surface area (Å²) in [5.74, 6) is -1.07. The van der Waals surface area contributed by atoms with E-state index in [0.29, 0.717) is 11.1 Å². The molecular weight excluding hydrogens is 362 g/mol. The highest BCUT2D eigenvalue weighted by atomic mass is 16.1. The van der Waals surface area contributed by atoms with Gasteiger partial charge in [0.15, 0.2) is 11.6 Å². The Bertz CT molecular complexity index is 1080. The van der Waals surface area contributed by atoms with E-state index < -0.39 is 12.0 Å². The van der Waals surface area contributed by atoms with Gasteiger partial charge in [-0.2, -0.15) is 0 Å². The van der Waals surface area contributed by atoms with Crippen LogP contribution in [0.5, 0.6) is 0 Å². The average molecular weight is 381 g/mol. The van der Waals surface area contributed by atoms with E-state index in [-0.39, 0.29) is 11.6 Å². The molecule has 5 nitrogen and oxygen atoms in total. The molecule has 3 aromatic carbocycles. The van der Waals surface area contributed by atoms with Gasteiger partial charge in [0.25, 0.3) is 0 Å². The van der Waals surface area contributed by atoms with Crippen LogP contribution in [0.25, 0.3) is 0 Å². The van der Waals surface area contributed by atoms with E-state index in [1.54, 1.807) is 30.5 Å². The van der Waals surface area contributed by atoms with Gasteiger partial charge in [-0.25, -0.2) is 4.68 Å². The lowest BCUT2D eigenvalue weighted by molar-refractivity contribution is 0.0817. The highest BCUT2D eigenvalue weighted by Crippen LogP contribution is 2.34. The van der Waals surface area contributed by atoms with Crippen molar-refractivity contribution in [1.29, 1.82) is 0 Å². The number of hydrogen-bond donors (Lipinski definition) is 0. The SMILES string of the molecule is O=C(c1ccccc1)C(c1ccccc1)C(C(=O)c1ccccc1)n1ccnn1. The molecule has 0 spiro atoms. The molecule has 2 atom stereocenters. The van der Waals surface area contributed by atoms with E-state index in [0.717, 1.165) is 5.56 Å². The van der Waals surface area contributed by atoms with Crippen LogP contribution in [0.3, 0.4) is 0 Å². The van der Waals surface area contributed by atoms with Crippen LogP contribution < -0.4 is 0 Å². The van der Waals surface area contributed by atoms with Crippen molar-refractivity contribution in [1.82, 2.24) is 15.0 Å². The number of Topliss-reactive ketones (excluding diaryl/α,β-unsaturated/α-hetero) is 2. The van der Waals surface area contributed by atoms with Crippen LogP contribution in [0.4, 0.5) is 0 Å². The van der Waals surface area contributed by atoms with Gasteiger partial charge >= 0.3 is 0 Å². The van der Waals surface area contributed by atoms with Gasteiger partial charge in [0, 0.05) is 17.3 Å². The minimum absolute atomic E-state index is 0.137. The smallest absolute Gasteiger partial charge is 0.188 e. The summed E-state index contributed by atoms with van der Waals surface area (Å²) in [6.45, 7) is 0. The van der Waals surface area contributed by atoms with Crippen molar-refractivity contribution in [2.45, 2.75) is 12.0 Å². The second kappa shape index (κ2) is 8.44. The lowest BCUT2D eigenvalue weighted by Gasteiger charge is -2.26. The largest absolute Gasteiger partial charge is 0.293 e. The maximum Gasteiger partial charge on any atom is 0.188 e. The van der Waals surface area contributed by atoms with E-state index in [9.17, 15) is 9.59 Å². The molecule has 29 heavy (non-hydrogen) atoms. The second-order valence-corrected chi connectivity index (χ2v) is 6.68. The number of ketones is 2. The Labute approximate surface area is 168 Å². The van der Waals surface area contributed by atoms with Crippen molar-refractivity contribution in [2.24, 2.45) is 0 Å². The fraction of sp³-hybridized carbons (Fsp3) is 0.0833. The molecule has 1 heterocycles. The number of aromatic nitrogens is 3. The Balaban J connectivity index is 1.87. The van der Waals surface area contributed by atoms with Crippen molar-refractivity contribution in [3.63, 3.8) is 0 Å². The molecule has 0 saturated carbocycles. The molecule has 0 bridgehead atoms. The third-order valence-corrected chi connectivity index (χ3v) is 4.87. The van der Waals surface area contributed by atoms with Crippen LogP contribution in [0.2, 0.25) is 0 Å². The van der Waals surface area contributed by atoms with Crippen LogP contribution in [-0.4, -0.2) is 26.6 Å². The maximum absolute atomic E-state index is 13.6. The Kier molecular flexibility index (Phi) is 5.38. The molecule has 0 fully saturated rings. The quantitative estimate of drug-likeness (QED) is 0.446. The second-order valence-electron chi connectivity index (χ2n) is 6.68. The van der Waals surface area contributed by atoms with E-state index in [1.165, 1.54) is 10.9 Å². The number of nitrogens with zero attached hydrogens (tertiary/aromatic N) is 3. The zero-order valence-electron chi connectivity index (χ0n) is 15.6. The van der Waals surface area contributed by atoms with Gasteiger partial charge < -0.3 is 0 Å². The minimum atomic E-state index is -0.852. The summed E-state index contributed by atoms with van der Waals surface area (Å²) in [4.78, 5) is 27.2. The first-order chi connectivity index (χ1) is 14.3. The predicted molar refractivity (Wildman–Crippen MR) is 110 cm³/mol. The normalized spacial score (nSPS) is 12.8. The summed E-state index contributed by atoms with van der Waals surface area (Å²) in [6, 6.07) is 26.5. The highest BCUT2D eigenvalue weighted by molar-refractivity contribution is 6.08. The Hall–Kier alpha value is -3.86. The van der Waals surface area contributed by atoms with Crippen molar-refractivity contribution < 1.29 is 9.59 Å². The molecule has 4 rings (SSSR count). The van der Waals surface area contributed by atoms with E-state index >= 15 is 0 Å². The molecule has 4 aromatic rings. The van der Waals surface area contributed by atoms with Gasteiger partial charge in [-0.3, -0.25) is 9.59 Å². The molecule has 0 aliphatic rings. The minimum Gasteiger partial charge on any atom is -0.293 e. The lowest BCUT2D eigenvalue weighted by Crippen LogP contribution is -2.32. The Morgan fingerprint density at radius 1 is 0.690 bits per heavy atom. The van der Waals surface area contributed by atoms with Crippen molar-refractivity contribution in [3.05, 3.63) is 120 Å². The molecule has 0 amide bonds. The van der Waals surface area contributed by atoms with Gasteiger partial charge in [0.2, 0.25) is 0 Å². The highest BCUT2D eigenvalue weighted by Gasteiger charge is 2.37. The van der Waals surface area contributed by atoms with Crippen LogP contribution in [-0.2, 0) is 0 Å². The fourth-order valence-electron chi connectivity index (χ4n) is 3.48. The summed E-state index contributed by atoms with van der Waals surface area (Å²) < 4.78 is 1.48. The maximum atomic E-state index is 13.6. The molecule has 142 valence electrons. The number of rotatable bonds is 7. The number of carbonyl (C=O) groups is 2. The van der Waals surface area contributed by atoms with Gasteiger partial charge in [-0.1, -0.05) is 96.2 Å². The predicted octanol–water partition coefficient (Wildman–Crippen LogP) is 4.37. The van der Waals surface area contributed by atoms with Gasteiger partial charge in [-0.15, -0.1) is 5.10 Å². The summed E-state index contributed by atoms with van der Waals surface area (Å²) in [5, 5.41) is 7.96. The molecular formula is C24H19N3O2. The zero-order valence-corrected chi connectivity index (χ0v) is 15.6. The van der Waals surface area contributed by atoms with Crippen molar-refractivity contribution in [3.8, 4) is 0 Å². The first-order valence-corrected chi connectivity index (χ1v) is 9.35. The molecule has 0 radical (unpaired) electrons. The molecule has 5 heteroatoms. The van der Waals surface area contributed by atoms with Gasteiger partial charge in [0.05, 0.1) is 12.1 Å².